The molecule has 2 atom stereocenters. The summed E-state index contributed by atoms with van der Waals surface area (Å²) in [6, 6.07) is 47.5. The molecule has 1 saturated heterocycles. The summed E-state index contributed by atoms with van der Waals surface area (Å²) in [6.45, 7) is 10.6. The van der Waals surface area contributed by atoms with Gasteiger partial charge in [0, 0.05) is 37.3 Å². The number of rotatable bonds is 4. The van der Waals surface area contributed by atoms with Crippen molar-refractivity contribution >= 4 is 21.5 Å². The third kappa shape index (κ3) is 9.22. The maximum absolute atomic E-state index is 6.77. The van der Waals surface area contributed by atoms with Gasteiger partial charge in [-0.15, -0.1) is 0 Å². The first-order chi connectivity index (χ1) is 27.0. The smallest absolute Gasteiger partial charge is 0.163 e. The Kier molecular flexibility index (Phi) is 11.8. The van der Waals surface area contributed by atoms with Crippen LogP contribution in [0.15, 0.2) is 133 Å². The molecule has 0 aromatic heterocycles. The van der Waals surface area contributed by atoms with Gasteiger partial charge in [-0.2, -0.15) is 0 Å². The maximum Gasteiger partial charge on any atom is 0.163 e. The van der Waals surface area contributed by atoms with Gasteiger partial charge in [0.1, 0.15) is 23.7 Å². The largest absolute Gasteiger partial charge is 0.493 e. The summed E-state index contributed by atoms with van der Waals surface area (Å²) in [4.78, 5) is 5.11. The van der Waals surface area contributed by atoms with E-state index in [2.05, 4.69) is 157 Å². The van der Waals surface area contributed by atoms with E-state index in [1.54, 1.807) is 0 Å². The van der Waals surface area contributed by atoms with Crippen LogP contribution in [0, 0.1) is 0 Å². The molecule has 0 aliphatic carbocycles. The molecule has 6 aromatic rings. The van der Waals surface area contributed by atoms with Gasteiger partial charge in [-0.25, -0.2) is 0 Å². The second-order valence-corrected chi connectivity index (χ2v) is 15.6. The highest BCUT2D eigenvalue weighted by Crippen LogP contribution is 2.45. The molecule has 0 N–H and O–H groups in total. The summed E-state index contributed by atoms with van der Waals surface area (Å²) in [5, 5.41) is 4.72. The lowest BCUT2D eigenvalue weighted by Gasteiger charge is -2.30. The minimum Gasteiger partial charge on any atom is -0.493 e. The zero-order valence-corrected chi connectivity index (χ0v) is 32.4. The molecule has 2 heterocycles. The topological polar surface area (TPSA) is 43.4 Å². The van der Waals surface area contributed by atoms with Gasteiger partial charge in [0.25, 0.3) is 0 Å². The minimum atomic E-state index is -0.641. The first-order valence-corrected chi connectivity index (χ1v) is 20.2. The molecule has 2 aliphatic heterocycles. The Labute approximate surface area is 326 Å². The Morgan fingerprint density at radius 2 is 0.909 bits per heavy atom. The van der Waals surface area contributed by atoms with Crippen molar-refractivity contribution < 1.29 is 18.9 Å². The molecule has 2 aliphatic rings. The van der Waals surface area contributed by atoms with Crippen molar-refractivity contribution in [2.45, 2.75) is 70.6 Å². The Hall–Kier alpha value is -4.72. The molecule has 6 nitrogen and oxygen atoms in total. The van der Waals surface area contributed by atoms with Gasteiger partial charge in [-0.1, -0.05) is 121 Å². The van der Waals surface area contributed by atoms with Crippen molar-refractivity contribution in [2.75, 3.05) is 39.4 Å². The number of fused-ring (bicyclic) bond motifs is 8. The first kappa shape index (κ1) is 37.2. The fourth-order valence-electron chi connectivity index (χ4n) is 8.38. The monoisotopic (exact) mass is 734 g/mol. The fraction of sp³-hybridized carbons (Fsp3) is 0.347. The van der Waals surface area contributed by atoms with Crippen molar-refractivity contribution in [2.24, 2.45) is 0 Å². The number of hydrogen-bond acceptors (Lipinski definition) is 6. The molecule has 0 spiro atoms. The van der Waals surface area contributed by atoms with E-state index in [0.29, 0.717) is 13.2 Å². The van der Waals surface area contributed by atoms with Crippen LogP contribution in [0.1, 0.15) is 50.7 Å². The lowest BCUT2D eigenvalue weighted by atomic mass is 9.92. The summed E-state index contributed by atoms with van der Waals surface area (Å²) in [6.07, 6.45) is 3.76. The van der Waals surface area contributed by atoms with E-state index in [9.17, 15) is 0 Å². The van der Waals surface area contributed by atoms with E-state index in [-0.39, 0.29) is 12.2 Å². The van der Waals surface area contributed by atoms with Crippen LogP contribution in [0.3, 0.4) is 0 Å². The third-order valence-electron chi connectivity index (χ3n) is 10.9. The molecular weight excluding hydrogens is 681 g/mol. The van der Waals surface area contributed by atoms with E-state index in [4.69, 9.17) is 18.9 Å². The number of hydrogen-bond donors (Lipinski definition) is 0. The van der Waals surface area contributed by atoms with Gasteiger partial charge >= 0.3 is 0 Å². The van der Waals surface area contributed by atoms with Crippen LogP contribution in [0.4, 0.5) is 0 Å². The molecule has 0 saturated carbocycles. The highest BCUT2D eigenvalue weighted by atomic mass is 16.8. The zero-order chi connectivity index (χ0) is 37.5. The summed E-state index contributed by atoms with van der Waals surface area (Å²) in [7, 11) is 0. The third-order valence-corrected chi connectivity index (χ3v) is 10.9. The molecule has 55 heavy (non-hydrogen) atoms. The molecule has 0 amide bonds. The predicted molar refractivity (Wildman–Crippen MR) is 224 cm³/mol. The lowest BCUT2D eigenvalue weighted by Crippen LogP contribution is -2.43. The number of ether oxygens (including phenoxy) is 4. The van der Waals surface area contributed by atoms with E-state index < -0.39 is 5.79 Å². The van der Waals surface area contributed by atoms with Crippen molar-refractivity contribution in [1.82, 2.24) is 9.80 Å². The second kappa shape index (κ2) is 17.4. The summed E-state index contributed by atoms with van der Waals surface area (Å²) in [5.74, 6) is 1.15. The van der Waals surface area contributed by atoms with Crippen LogP contribution in [-0.4, -0.2) is 67.2 Å². The van der Waals surface area contributed by atoms with E-state index in [1.807, 2.05) is 0 Å². The summed E-state index contributed by atoms with van der Waals surface area (Å²) >= 11 is 0. The Bertz CT molecular complexity index is 2000. The molecule has 0 unspecified atom stereocenters. The predicted octanol–water partition coefficient (Wildman–Crippen LogP) is 10.5. The first-order valence-electron chi connectivity index (χ1n) is 20.2. The standard InChI is InChI=1S/C49H54N2O4/c1-49(2)54-45-35-50(33-37-17-5-3-6-18-37)29-13-15-31-52-43-27-25-39-21-9-11-23-41(39)47(43)48-42-24-12-10-22-40(42)26-28-44(48)53-32-16-14-30-51(36-46(45)55-49)34-38-19-7-4-8-20-38/h3-12,17-28,45-46H,13-16,29-36H2,1-2H3/t45-,46-/m0/s1. The molecule has 284 valence electrons. The lowest BCUT2D eigenvalue weighted by molar-refractivity contribution is -0.149. The van der Waals surface area contributed by atoms with Crippen LogP contribution in [0.5, 0.6) is 11.5 Å². The second-order valence-electron chi connectivity index (χ2n) is 15.6. The molecule has 0 radical (unpaired) electrons. The summed E-state index contributed by atoms with van der Waals surface area (Å²) in [5.41, 5.74) is 4.82. The van der Waals surface area contributed by atoms with Crippen LogP contribution in [0.25, 0.3) is 32.7 Å². The van der Waals surface area contributed by atoms with E-state index >= 15 is 0 Å². The number of benzene rings is 6. The van der Waals surface area contributed by atoms with Crippen molar-refractivity contribution in [3.63, 3.8) is 0 Å². The van der Waals surface area contributed by atoms with Crippen LogP contribution < -0.4 is 9.47 Å². The Morgan fingerprint density at radius 3 is 1.36 bits per heavy atom. The fourth-order valence-corrected chi connectivity index (χ4v) is 8.38. The van der Waals surface area contributed by atoms with Gasteiger partial charge < -0.3 is 18.9 Å². The molecule has 6 aromatic carbocycles. The number of nitrogens with zero attached hydrogens (tertiary/aromatic N) is 2. The molecular formula is C49H54N2O4. The van der Waals surface area contributed by atoms with Crippen molar-refractivity contribution in [1.29, 1.82) is 0 Å². The van der Waals surface area contributed by atoms with Gasteiger partial charge in [-0.05, 0) is 97.4 Å². The van der Waals surface area contributed by atoms with E-state index in [1.165, 1.54) is 32.7 Å². The van der Waals surface area contributed by atoms with Crippen LogP contribution in [0.2, 0.25) is 0 Å². The van der Waals surface area contributed by atoms with Crippen LogP contribution in [-0.2, 0) is 22.6 Å². The maximum atomic E-state index is 6.77. The summed E-state index contributed by atoms with van der Waals surface area (Å²) < 4.78 is 26.9. The van der Waals surface area contributed by atoms with Gasteiger partial charge in [0.2, 0.25) is 0 Å². The highest BCUT2D eigenvalue weighted by Gasteiger charge is 2.42. The van der Waals surface area contributed by atoms with Gasteiger partial charge in [0.05, 0.1) is 13.2 Å². The highest BCUT2D eigenvalue weighted by molar-refractivity contribution is 6.09. The molecule has 1 fully saturated rings. The van der Waals surface area contributed by atoms with Gasteiger partial charge in [-0.3, -0.25) is 9.80 Å². The molecule has 0 bridgehead atoms. The Balaban J connectivity index is 1.13. The average Bonchev–Trinajstić information content (AvgIpc) is 3.49. The van der Waals surface area contributed by atoms with Gasteiger partial charge in [0.15, 0.2) is 5.79 Å². The van der Waals surface area contributed by atoms with E-state index in [0.717, 1.165) is 87.6 Å². The van der Waals surface area contributed by atoms with Crippen molar-refractivity contribution in [3.05, 3.63) is 145 Å². The van der Waals surface area contributed by atoms with Crippen molar-refractivity contribution in [3.8, 4) is 22.6 Å². The van der Waals surface area contributed by atoms with Crippen LogP contribution >= 0.6 is 0 Å². The zero-order valence-electron chi connectivity index (χ0n) is 32.4. The normalized spacial score (nSPS) is 20.5. The molecule has 6 heteroatoms. The Morgan fingerprint density at radius 1 is 0.491 bits per heavy atom. The minimum absolute atomic E-state index is 0.0475. The SMILES string of the molecule is CC1(C)O[C@H]2CN(Cc3ccccc3)CCCCOc3ccc4ccccc4c3-c3c(ccc4ccccc34)OCCCCN(Cc3ccccc3)C[C@@H]2O1. The average molecular weight is 735 g/mol. The quantitative estimate of drug-likeness (QED) is 0.180. The molecule has 8 rings (SSSR count).